The summed E-state index contributed by atoms with van der Waals surface area (Å²) in [7, 11) is 0. The topological polar surface area (TPSA) is 91.1 Å². The smallest absolute Gasteiger partial charge is 0.344 e. The van der Waals surface area contributed by atoms with Gasteiger partial charge in [0.2, 0.25) is 0 Å². The van der Waals surface area contributed by atoms with Crippen LogP contribution in [0.15, 0.2) is 28.3 Å². The molecule has 0 saturated carbocycles. The SMILES string of the molecule is C[S+]([O-])c1ncc2ccc(=O)n(O)c2n1. The zero-order valence-electron chi connectivity index (χ0n) is 7.75. The van der Waals surface area contributed by atoms with Crippen LogP contribution in [0.3, 0.4) is 0 Å². The maximum atomic E-state index is 11.1. The summed E-state index contributed by atoms with van der Waals surface area (Å²) in [6.45, 7) is 0. The fourth-order valence-electron chi connectivity index (χ4n) is 1.13. The average Bonchev–Trinajstić information content (AvgIpc) is 2.23. The normalized spacial score (nSPS) is 12.9. The molecule has 2 heterocycles. The van der Waals surface area contributed by atoms with Gasteiger partial charge in [-0.3, -0.25) is 4.79 Å². The van der Waals surface area contributed by atoms with Gasteiger partial charge >= 0.3 is 5.16 Å². The minimum Gasteiger partial charge on any atom is -0.609 e. The van der Waals surface area contributed by atoms with E-state index >= 15 is 0 Å². The third kappa shape index (κ3) is 1.66. The Morgan fingerprint density at radius 3 is 2.93 bits per heavy atom. The fourth-order valence-corrected chi connectivity index (χ4v) is 1.54. The Kier molecular flexibility index (Phi) is 2.33. The van der Waals surface area contributed by atoms with Crippen LogP contribution in [0, 0.1) is 0 Å². The Bertz CT molecular complexity index is 567. The molecule has 1 N–H and O–H groups in total. The molecule has 0 aliphatic heterocycles. The lowest BCUT2D eigenvalue weighted by atomic mass is 10.3. The molecule has 0 spiro atoms. The van der Waals surface area contributed by atoms with Crippen LogP contribution in [-0.4, -0.2) is 30.7 Å². The van der Waals surface area contributed by atoms with E-state index in [9.17, 15) is 14.6 Å². The molecule has 2 rings (SSSR count). The molecule has 0 radical (unpaired) electrons. The van der Waals surface area contributed by atoms with Crippen LogP contribution >= 0.6 is 0 Å². The van der Waals surface area contributed by atoms with Gasteiger partial charge in [-0.1, -0.05) is 0 Å². The number of pyridine rings is 1. The zero-order valence-corrected chi connectivity index (χ0v) is 8.56. The quantitative estimate of drug-likeness (QED) is 0.411. The third-order valence-electron chi connectivity index (χ3n) is 1.85. The Hall–Kier alpha value is -1.60. The molecule has 0 fully saturated rings. The fraction of sp³-hybridized carbons (Fsp3) is 0.125. The first kappa shape index (κ1) is 9.94. The second-order valence-corrected chi connectivity index (χ2v) is 4.14. The summed E-state index contributed by atoms with van der Waals surface area (Å²) >= 11 is -1.35. The number of aromatic nitrogens is 3. The van der Waals surface area contributed by atoms with E-state index in [0.29, 0.717) is 10.1 Å². The maximum absolute atomic E-state index is 11.1. The van der Waals surface area contributed by atoms with Gasteiger partial charge in [-0.05, 0) is 6.07 Å². The highest BCUT2D eigenvalue weighted by Crippen LogP contribution is 2.09. The van der Waals surface area contributed by atoms with Crippen molar-refractivity contribution in [1.29, 1.82) is 0 Å². The van der Waals surface area contributed by atoms with Crippen molar-refractivity contribution in [3.63, 3.8) is 0 Å². The largest absolute Gasteiger partial charge is 0.609 e. The maximum Gasteiger partial charge on any atom is 0.344 e. The molecule has 0 bridgehead atoms. The molecule has 0 aliphatic carbocycles. The molecule has 6 nitrogen and oxygen atoms in total. The van der Waals surface area contributed by atoms with Crippen molar-refractivity contribution in [2.45, 2.75) is 5.16 Å². The summed E-state index contributed by atoms with van der Waals surface area (Å²) in [5, 5.41) is 9.96. The van der Waals surface area contributed by atoms with Crippen LogP contribution in [0.1, 0.15) is 0 Å². The first-order chi connectivity index (χ1) is 7.09. The van der Waals surface area contributed by atoms with Crippen LogP contribution in [0.5, 0.6) is 0 Å². The highest BCUT2D eigenvalue weighted by Gasteiger charge is 2.11. The molecule has 1 atom stereocenters. The number of nitrogens with zero attached hydrogens (tertiary/aromatic N) is 3. The van der Waals surface area contributed by atoms with Gasteiger partial charge in [0, 0.05) is 28.8 Å². The number of fused-ring (bicyclic) bond motifs is 1. The van der Waals surface area contributed by atoms with Crippen LogP contribution in [0.25, 0.3) is 11.0 Å². The van der Waals surface area contributed by atoms with E-state index in [2.05, 4.69) is 9.97 Å². The van der Waals surface area contributed by atoms with Gasteiger partial charge in [-0.15, -0.1) is 4.73 Å². The number of rotatable bonds is 1. The van der Waals surface area contributed by atoms with Gasteiger partial charge in [0.15, 0.2) is 5.65 Å². The van der Waals surface area contributed by atoms with Crippen molar-refractivity contribution in [1.82, 2.24) is 14.7 Å². The molecule has 0 aliphatic rings. The summed E-state index contributed by atoms with van der Waals surface area (Å²) in [5.41, 5.74) is -0.531. The van der Waals surface area contributed by atoms with Crippen molar-refractivity contribution in [3.05, 3.63) is 28.7 Å². The van der Waals surface area contributed by atoms with Crippen LogP contribution in [0.4, 0.5) is 0 Å². The highest BCUT2D eigenvalue weighted by molar-refractivity contribution is 7.90. The first-order valence-electron chi connectivity index (χ1n) is 4.01. The Labute approximate surface area is 87.4 Å². The van der Waals surface area contributed by atoms with E-state index in [1.807, 2.05) is 0 Å². The molecule has 2 aromatic rings. The van der Waals surface area contributed by atoms with Gasteiger partial charge in [0.1, 0.15) is 6.26 Å². The minimum atomic E-state index is -1.35. The summed E-state index contributed by atoms with van der Waals surface area (Å²) < 4.78 is 11.5. The summed E-state index contributed by atoms with van der Waals surface area (Å²) in [4.78, 5) is 18.8. The predicted molar refractivity (Wildman–Crippen MR) is 53.3 cm³/mol. The molecule has 0 amide bonds. The highest BCUT2D eigenvalue weighted by atomic mass is 32.2. The van der Waals surface area contributed by atoms with Crippen molar-refractivity contribution < 1.29 is 9.76 Å². The van der Waals surface area contributed by atoms with E-state index in [4.69, 9.17) is 0 Å². The molecule has 1 unspecified atom stereocenters. The minimum absolute atomic E-state index is 0.0581. The molecular formula is C8H7N3O3S. The predicted octanol–water partition coefficient (Wildman–Crippen LogP) is -0.234. The molecule has 2 aromatic heterocycles. The molecular weight excluding hydrogens is 218 g/mol. The van der Waals surface area contributed by atoms with Crippen LogP contribution in [-0.2, 0) is 11.2 Å². The second kappa shape index (κ2) is 3.52. The van der Waals surface area contributed by atoms with Crippen molar-refractivity contribution >= 4 is 22.2 Å². The van der Waals surface area contributed by atoms with Gasteiger partial charge < -0.3 is 9.76 Å². The van der Waals surface area contributed by atoms with Gasteiger partial charge in [0.25, 0.3) is 5.56 Å². The van der Waals surface area contributed by atoms with Crippen LogP contribution < -0.4 is 5.56 Å². The monoisotopic (exact) mass is 225 g/mol. The average molecular weight is 225 g/mol. The lowest BCUT2D eigenvalue weighted by molar-refractivity contribution is 0.186. The van der Waals surface area contributed by atoms with Crippen molar-refractivity contribution in [3.8, 4) is 0 Å². The lowest BCUT2D eigenvalue weighted by Crippen LogP contribution is -2.18. The summed E-state index contributed by atoms with van der Waals surface area (Å²) in [6.07, 6.45) is 2.83. The van der Waals surface area contributed by atoms with Gasteiger partial charge in [0.05, 0.1) is 0 Å². The number of hydrogen-bond donors (Lipinski definition) is 1. The van der Waals surface area contributed by atoms with Crippen molar-refractivity contribution in [2.24, 2.45) is 0 Å². The summed E-state index contributed by atoms with van der Waals surface area (Å²) in [6, 6.07) is 2.70. The number of hydrogen-bond acceptors (Lipinski definition) is 5. The third-order valence-corrected chi connectivity index (χ3v) is 2.56. The molecule has 78 valence electrons. The first-order valence-corrected chi connectivity index (χ1v) is 5.57. The standard InChI is InChI=1S/C8H7N3O3S/c1-15(14)8-9-4-5-2-3-6(12)11(13)7(5)10-8/h2-4,13H,1H3. The summed E-state index contributed by atoms with van der Waals surface area (Å²) in [5.74, 6) is 0. The van der Waals surface area contributed by atoms with E-state index in [1.54, 1.807) is 0 Å². The van der Waals surface area contributed by atoms with Crippen LogP contribution in [0.2, 0.25) is 0 Å². The molecule has 0 aromatic carbocycles. The second-order valence-electron chi connectivity index (χ2n) is 2.87. The van der Waals surface area contributed by atoms with E-state index in [-0.39, 0.29) is 10.8 Å². The van der Waals surface area contributed by atoms with Crippen molar-refractivity contribution in [2.75, 3.05) is 6.26 Å². The lowest BCUT2D eigenvalue weighted by Gasteiger charge is -2.04. The van der Waals surface area contributed by atoms with Gasteiger partial charge in [-0.25, -0.2) is 0 Å². The Morgan fingerprint density at radius 1 is 1.53 bits per heavy atom. The van der Waals surface area contributed by atoms with E-state index in [1.165, 1.54) is 24.6 Å². The molecule has 15 heavy (non-hydrogen) atoms. The van der Waals surface area contributed by atoms with E-state index < -0.39 is 16.7 Å². The zero-order chi connectivity index (χ0) is 11.0. The Balaban J connectivity index is 2.79. The van der Waals surface area contributed by atoms with E-state index in [0.717, 1.165) is 0 Å². The van der Waals surface area contributed by atoms with Gasteiger partial charge in [-0.2, -0.15) is 9.97 Å². The molecule has 7 heteroatoms. The molecule has 0 saturated heterocycles. The Morgan fingerprint density at radius 2 is 2.27 bits per heavy atom.